The van der Waals surface area contributed by atoms with Gasteiger partial charge in [-0.25, -0.2) is 0 Å². The molecule has 0 bridgehead atoms. The second-order valence-electron chi connectivity index (χ2n) is 0.963. The lowest BCUT2D eigenvalue weighted by molar-refractivity contribution is 2.37. The van der Waals surface area contributed by atoms with Crippen LogP contribution < -0.4 is 0 Å². The van der Waals surface area contributed by atoms with Crippen molar-refractivity contribution in [2.75, 3.05) is 0 Å². The van der Waals surface area contributed by atoms with Crippen molar-refractivity contribution in [1.82, 2.24) is 0 Å². The molecule has 0 saturated carbocycles. The average Bonchev–Trinajstić information content (AvgIpc) is 1.69. The van der Waals surface area contributed by atoms with Crippen molar-refractivity contribution < 1.29 is 0 Å². The minimum absolute atomic E-state index is 0.965. The lowest BCUT2D eigenvalue weighted by atomic mass is 11.2. The molecule has 0 N–H and O–H groups in total. The highest BCUT2D eigenvalue weighted by atomic mass is 32.2. The van der Waals surface area contributed by atoms with Crippen molar-refractivity contribution in [1.29, 1.82) is 0 Å². The zero-order chi connectivity index (χ0) is 5.11. The van der Waals surface area contributed by atoms with Gasteiger partial charge in [0, 0.05) is 5.41 Å². The van der Waals surface area contributed by atoms with Crippen LogP contribution in [0.2, 0.25) is 0 Å². The van der Waals surface area contributed by atoms with Gasteiger partial charge in [-0.15, -0.1) is 11.8 Å². The molecule has 0 aromatic heterocycles. The first kappa shape index (κ1) is 5.54. The van der Waals surface area contributed by atoms with Crippen LogP contribution in [0.5, 0.6) is 0 Å². The van der Waals surface area contributed by atoms with Gasteiger partial charge in [0.05, 0.1) is 4.24 Å². The first-order valence-corrected chi connectivity index (χ1v) is 3.97. The Morgan fingerprint density at radius 1 is 1.43 bits per heavy atom. The molecule has 1 radical (unpaired) electrons. The molecule has 3 heteroatoms. The van der Waals surface area contributed by atoms with Gasteiger partial charge >= 0.3 is 0 Å². The fraction of sp³-hybridized carbons (Fsp3) is 0. The van der Waals surface area contributed by atoms with Crippen LogP contribution in [-0.4, -0.2) is 0 Å². The van der Waals surface area contributed by atoms with Gasteiger partial charge in [-0.05, 0) is 10.8 Å². The molecule has 0 nitrogen and oxygen atoms in total. The van der Waals surface area contributed by atoms with Gasteiger partial charge in [0.15, 0.2) is 0 Å². The van der Waals surface area contributed by atoms with E-state index in [9.17, 15) is 0 Å². The Morgan fingerprint density at radius 3 is 2.57 bits per heavy atom. The summed E-state index contributed by atoms with van der Waals surface area (Å²) in [6.07, 6.45) is 0. The third-order valence-corrected chi connectivity index (χ3v) is 2.65. The first-order chi connectivity index (χ1) is 3.39. The van der Waals surface area contributed by atoms with E-state index in [1.165, 1.54) is 0 Å². The van der Waals surface area contributed by atoms with Gasteiger partial charge in [0.1, 0.15) is 0 Å². The van der Waals surface area contributed by atoms with Crippen LogP contribution in [0.15, 0.2) is 20.5 Å². The second kappa shape index (κ2) is 2.64. The maximum absolute atomic E-state index is 4.84. The van der Waals surface area contributed by atoms with E-state index in [1.54, 1.807) is 23.5 Å². The number of hydrogen-bond donors (Lipinski definition) is 0. The second-order valence-corrected chi connectivity index (χ2v) is 3.39. The molecule has 0 saturated heterocycles. The van der Waals surface area contributed by atoms with Crippen LogP contribution in [-0.2, 0) is 0 Å². The lowest BCUT2D eigenvalue weighted by Gasteiger charge is -1.94. The summed E-state index contributed by atoms with van der Waals surface area (Å²) >= 11 is 8.07. The molecular weight excluding hydrogens is 144 g/mol. The quantitative estimate of drug-likeness (QED) is 0.516. The largest absolute Gasteiger partial charge is 0.103 e. The summed E-state index contributed by atoms with van der Waals surface area (Å²) < 4.78 is 0.965. The van der Waals surface area contributed by atoms with Gasteiger partial charge < -0.3 is 0 Å². The third-order valence-electron chi connectivity index (χ3n) is 0.483. The number of rotatable bonds is 0. The van der Waals surface area contributed by atoms with E-state index in [2.05, 4.69) is 0 Å². The smallest absolute Gasteiger partial charge is 0.0814 e. The summed E-state index contributed by atoms with van der Waals surface area (Å²) in [6, 6.07) is 0. The first-order valence-electron chi connectivity index (χ1n) is 1.74. The molecule has 1 aliphatic rings. The predicted octanol–water partition coefficient (Wildman–Crippen LogP) is 2.93. The summed E-state index contributed by atoms with van der Waals surface area (Å²) in [5, 5.41) is 5.97. The average molecular weight is 147 g/mol. The summed E-state index contributed by atoms with van der Waals surface area (Å²) in [7, 11) is 0. The van der Waals surface area contributed by atoms with Crippen molar-refractivity contribution in [3.05, 3.63) is 20.5 Å². The van der Waals surface area contributed by atoms with E-state index >= 15 is 0 Å². The Kier molecular flexibility index (Phi) is 2.09. The van der Waals surface area contributed by atoms with E-state index < -0.39 is 0 Å². The standard InChI is InChI=1S/C4H3S3/c5-4-3-6-1-2-7-4/h1-3H. The van der Waals surface area contributed by atoms with E-state index in [-0.39, 0.29) is 0 Å². The van der Waals surface area contributed by atoms with Crippen LogP contribution in [0.1, 0.15) is 0 Å². The summed E-state index contributed by atoms with van der Waals surface area (Å²) in [6.45, 7) is 0. The highest BCUT2D eigenvalue weighted by Gasteiger charge is 1.91. The highest BCUT2D eigenvalue weighted by Crippen LogP contribution is 2.29. The van der Waals surface area contributed by atoms with Crippen LogP contribution in [0, 0.1) is 0 Å². The van der Waals surface area contributed by atoms with E-state index in [4.69, 9.17) is 12.6 Å². The molecule has 1 heterocycles. The van der Waals surface area contributed by atoms with E-state index in [0.29, 0.717) is 0 Å². The molecular formula is C4H3S3. The number of thioether (sulfide) groups is 2. The van der Waals surface area contributed by atoms with E-state index in [1.807, 2.05) is 16.2 Å². The Labute approximate surface area is 56.9 Å². The fourth-order valence-electron chi connectivity index (χ4n) is 0.250. The molecule has 0 aromatic rings. The molecule has 0 fully saturated rings. The lowest BCUT2D eigenvalue weighted by Crippen LogP contribution is -1.59. The van der Waals surface area contributed by atoms with Crippen LogP contribution in [0.3, 0.4) is 0 Å². The minimum atomic E-state index is 0.965. The van der Waals surface area contributed by atoms with Gasteiger partial charge in [-0.3, -0.25) is 0 Å². The predicted molar refractivity (Wildman–Crippen MR) is 40.0 cm³/mol. The van der Waals surface area contributed by atoms with Crippen LogP contribution in [0.4, 0.5) is 0 Å². The van der Waals surface area contributed by atoms with Gasteiger partial charge in [0.2, 0.25) is 0 Å². The highest BCUT2D eigenvalue weighted by molar-refractivity contribution is 8.20. The fourth-order valence-corrected chi connectivity index (χ4v) is 1.77. The van der Waals surface area contributed by atoms with Crippen LogP contribution in [0.25, 0.3) is 0 Å². The number of hydrogen-bond acceptors (Lipinski definition) is 2. The van der Waals surface area contributed by atoms with Crippen molar-refractivity contribution in [2.24, 2.45) is 0 Å². The van der Waals surface area contributed by atoms with Crippen molar-refractivity contribution in [3.8, 4) is 0 Å². The molecule has 1 rings (SSSR count). The van der Waals surface area contributed by atoms with Crippen molar-refractivity contribution in [2.45, 2.75) is 0 Å². The summed E-state index contributed by atoms with van der Waals surface area (Å²) in [4.78, 5) is 0. The van der Waals surface area contributed by atoms with Crippen molar-refractivity contribution >= 4 is 36.2 Å². The Hall–Kier alpha value is 0.400. The topological polar surface area (TPSA) is 0 Å². The summed E-state index contributed by atoms with van der Waals surface area (Å²) in [5.74, 6) is 0. The Balaban J connectivity index is 2.50. The van der Waals surface area contributed by atoms with Crippen LogP contribution >= 0.6 is 36.2 Å². The zero-order valence-electron chi connectivity index (χ0n) is 3.46. The van der Waals surface area contributed by atoms with Gasteiger partial charge in [-0.2, -0.15) is 0 Å². The van der Waals surface area contributed by atoms with E-state index in [0.717, 1.165) is 4.24 Å². The monoisotopic (exact) mass is 147 g/mol. The molecule has 0 aromatic carbocycles. The normalized spacial score (nSPS) is 19.1. The molecule has 37 valence electrons. The molecule has 0 amide bonds. The SMILES string of the molecule is [S]C1=CSC=CS1. The van der Waals surface area contributed by atoms with Crippen molar-refractivity contribution in [3.63, 3.8) is 0 Å². The summed E-state index contributed by atoms with van der Waals surface area (Å²) in [5.41, 5.74) is 0. The Morgan fingerprint density at radius 2 is 2.29 bits per heavy atom. The minimum Gasteiger partial charge on any atom is -0.103 e. The molecule has 0 unspecified atom stereocenters. The zero-order valence-corrected chi connectivity index (χ0v) is 5.91. The molecule has 7 heavy (non-hydrogen) atoms. The Bertz CT molecular complexity index is 114. The third kappa shape index (κ3) is 1.76. The van der Waals surface area contributed by atoms with Gasteiger partial charge in [-0.1, -0.05) is 24.4 Å². The molecule has 0 spiro atoms. The maximum atomic E-state index is 4.84. The molecule has 0 aliphatic carbocycles. The molecule has 1 aliphatic heterocycles. The molecule has 0 atom stereocenters. The maximum Gasteiger partial charge on any atom is 0.0814 e. The van der Waals surface area contributed by atoms with Gasteiger partial charge in [0.25, 0.3) is 0 Å².